The third-order valence-electron chi connectivity index (χ3n) is 3.63. The summed E-state index contributed by atoms with van der Waals surface area (Å²) in [5.41, 5.74) is 1.81. The highest BCUT2D eigenvalue weighted by molar-refractivity contribution is 6.04. The molecule has 0 radical (unpaired) electrons. The fraction of sp³-hybridized carbons (Fsp3) is 0.333. The molecule has 0 saturated carbocycles. The van der Waals surface area contributed by atoms with Crippen LogP contribution >= 0.6 is 0 Å². The van der Waals surface area contributed by atoms with E-state index in [0.717, 1.165) is 16.6 Å². The smallest absolute Gasteiger partial charge is 0.339 e. The average Bonchev–Trinajstić information content (AvgIpc) is 2.46. The van der Waals surface area contributed by atoms with E-state index in [1.165, 1.54) is 6.20 Å². The van der Waals surface area contributed by atoms with Crippen molar-refractivity contribution in [1.29, 1.82) is 0 Å². The maximum atomic E-state index is 11.5. The van der Waals surface area contributed by atoms with Crippen LogP contribution in [-0.4, -0.2) is 41.9 Å². The number of pyridine rings is 1. The molecule has 0 aliphatic carbocycles. The Morgan fingerprint density at radius 2 is 2.25 bits per heavy atom. The topological polar surface area (TPSA) is 62.7 Å². The van der Waals surface area contributed by atoms with Crippen LogP contribution in [-0.2, 0) is 4.74 Å². The quantitative estimate of drug-likeness (QED) is 0.907. The molecule has 104 valence electrons. The van der Waals surface area contributed by atoms with Crippen LogP contribution in [0.1, 0.15) is 17.3 Å². The van der Waals surface area contributed by atoms with Crippen molar-refractivity contribution in [3.63, 3.8) is 0 Å². The van der Waals surface area contributed by atoms with E-state index in [9.17, 15) is 9.90 Å². The number of morpholine rings is 1. The van der Waals surface area contributed by atoms with Crippen molar-refractivity contribution in [3.05, 3.63) is 36.0 Å². The molecule has 1 aromatic heterocycles. The minimum atomic E-state index is -0.947. The molecule has 0 bridgehead atoms. The van der Waals surface area contributed by atoms with Gasteiger partial charge in [-0.05, 0) is 13.0 Å². The molecule has 5 heteroatoms. The lowest BCUT2D eigenvalue weighted by atomic mass is 10.1. The van der Waals surface area contributed by atoms with Crippen LogP contribution in [0.5, 0.6) is 0 Å². The Bertz CT molecular complexity index is 657. The number of aromatic nitrogens is 1. The van der Waals surface area contributed by atoms with E-state index in [1.807, 2.05) is 31.2 Å². The van der Waals surface area contributed by atoms with Gasteiger partial charge in [-0.25, -0.2) is 4.79 Å². The van der Waals surface area contributed by atoms with E-state index < -0.39 is 5.97 Å². The number of carbonyl (C=O) groups is 1. The van der Waals surface area contributed by atoms with Gasteiger partial charge in [0.1, 0.15) is 5.56 Å². The zero-order chi connectivity index (χ0) is 14.1. The van der Waals surface area contributed by atoms with Crippen LogP contribution in [0.15, 0.2) is 30.5 Å². The van der Waals surface area contributed by atoms with Gasteiger partial charge in [0, 0.05) is 24.2 Å². The van der Waals surface area contributed by atoms with E-state index in [2.05, 4.69) is 9.88 Å². The van der Waals surface area contributed by atoms with Gasteiger partial charge in [0.25, 0.3) is 0 Å². The van der Waals surface area contributed by atoms with Gasteiger partial charge < -0.3 is 14.7 Å². The molecule has 1 N–H and O–H groups in total. The Hall–Kier alpha value is -2.14. The van der Waals surface area contributed by atoms with Crippen LogP contribution in [0.25, 0.3) is 10.9 Å². The van der Waals surface area contributed by atoms with Gasteiger partial charge in [0.2, 0.25) is 0 Å². The SMILES string of the molecule is CC1COCCN1c1c(C(=O)O)cnc2ccccc12. The molecule has 2 heterocycles. The third-order valence-corrected chi connectivity index (χ3v) is 3.63. The summed E-state index contributed by atoms with van der Waals surface area (Å²) in [7, 11) is 0. The fourth-order valence-electron chi connectivity index (χ4n) is 2.65. The first-order valence-electron chi connectivity index (χ1n) is 6.64. The molecule has 1 fully saturated rings. The lowest BCUT2D eigenvalue weighted by Crippen LogP contribution is -2.44. The number of hydrogen-bond donors (Lipinski definition) is 1. The summed E-state index contributed by atoms with van der Waals surface area (Å²) in [4.78, 5) is 17.9. The lowest BCUT2D eigenvalue weighted by molar-refractivity contribution is 0.0694. The van der Waals surface area contributed by atoms with Crippen molar-refractivity contribution in [2.75, 3.05) is 24.7 Å². The van der Waals surface area contributed by atoms with Crippen LogP contribution in [0.2, 0.25) is 0 Å². The first-order valence-corrected chi connectivity index (χ1v) is 6.64. The molecular weight excluding hydrogens is 256 g/mol. The number of ether oxygens (including phenoxy) is 1. The number of carboxylic acid groups (broad SMARTS) is 1. The Morgan fingerprint density at radius 1 is 1.45 bits per heavy atom. The first kappa shape index (κ1) is 12.9. The minimum absolute atomic E-state index is 0.146. The number of aromatic carboxylic acids is 1. The van der Waals surface area contributed by atoms with Crippen LogP contribution in [0.3, 0.4) is 0 Å². The number of rotatable bonds is 2. The number of para-hydroxylation sites is 1. The number of anilines is 1. The van der Waals surface area contributed by atoms with Crippen LogP contribution < -0.4 is 4.90 Å². The Balaban J connectivity index is 2.24. The maximum Gasteiger partial charge on any atom is 0.339 e. The molecule has 3 rings (SSSR count). The van der Waals surface area contributed by atoms with E-state index >= 15 is 0 Å². The summed E-state index contributed by atoms with van der Waals surface area (Å²) in [6.07, 6.45) is 1.45. The van der Waals surface area contributed by atoms with Crippen molar-refractivity contribution in [2.45, 2.75) is 13.0 Å². The first-order chi connectivity index (χ1) is 9.68. The Morgan fingerprint density at radius 3 is 3.00 bits per heavy atom. The van der Waals surface area contributed by atoms with E-state index in [1.54, 1.807) is 0 Å². The van der Waals surface area contributed by atoms with E-state index in [0.29, 0.717) is 19.8 Å². The Kier molecular flexibility index (Phi) is 3.28. The molecular formula is C15H16N2O3. The summed E-state index contributed by atoms with van der Waals surface area (Å²) >= 11 is 0. The third kappa shape index (κ3) is 2.10. The summed E-state index contributed by atoms with van der Waals surface area (Å²) in [5.74, 6) is -0.947. The predicted molar refractivity (Wildman–Crippen MR) is 76.3 cm³/mol. The second kappa shape index (κ2) is 5.09. The van der Waals surface area contributed by atoms with Gasteiger partial charge in [-0.1, -0.05) is 18.2 Å². The van der Waals surface area contributed by atoms with Gasteiger partial charge in [-0.3, -0.25) is 4.98 Å². The van der Waals surface area contributed by atoms with Gasteiger partial charge in [0.15, 0.2) is 0 Å². The highest BCUT2D eigenvalue weighted by Gasteiger charge is 2.25. The number of nitrogens with zero attached hydrogens (tertiary/aromatic N) is 2. The highest BCUT2D eigenvalue weighted by atomic mass is 16.5. The number of hydrogen-bond acceptors (Lipinski definition) is 4. The summed E-state index contributed by atoms with van der Waals surface area (Å²) in [5, 5.41) is 10.3. The predicted octanol–water partition coefficient (Wildman–Crippen LogP) is 2.16. The maximum absolute atomic E-state index is 11.5. The van der Waals surface area contributed by atoms with Crippen molar-refractivity contribution >= 4 is 22.6 Å². The van der Waals surface area contributed by atoms with E-state index in [4.69, 9.17) is 4.74 Å². The summed E-state index contributed by atoms with van der Waals surface area (Å²) in [6, 6.07) is 7.78. The monoisotopic (exact) mass is 272 g/mol. The second-order valence-corrected chi connectivity index (χ2v) is 4.96. The molecule has 1 atom stereocenters. The molecule has 20 heavy (non-hydrogen) atoms. The molecule has 0 amide bonds. The van der Waals surface area contributed by atoms with Crippen LogP contribution in [0.4, 0.5) is 5.69 Å². The van der Waals surface area contributed by atoms with Crippen molar-refractivity contribution in [2.24, 2.45) is 0 Å². The highest BCUT2D eigenvalue weighted by Crippen LogP contribution is 2.31. The largest absolute Gasteiger partial charge is 0.478 e. The van der Waals surface area contributed by atoms with Gasteiger partial charge >= 0.3 is 5.97 Å². The molecule has 2 aromatic rings. The summed E-state index contributed by atoms with van der Waals surface area (Å²) in [6.45, 7) is 3.95. The fourth-order valence-corrected chi connectivity index (χ4v) is 2.65. The van der Waals surface area contributed by atoms with Crippen molar-refractivity contribution < 1.29 is 14.6 Å². The molecule has 1 saturated heterocycles. The molecule has 1 unspecified atom stereocenters. The number of benzene rings is 1. The van der Waals surface area contributed by atoms with Crippen molar-refractivity contribution in [1.82, 2.24) is 4.98 Å². The Labute approximate surface area is 116 Å². The molecule has 5 nitrogen and oxygen atoms in total. The zero-order valence-electron chi connectivity index (χ0n) is 11.2. The molecule has 1 aliphatic rings. The standard InChI is InChI=1S/C15H16N2O3/c1-10-9-20-7-6-17(10)14-11-4-2-3-5-13(11)16-8-12(14)15(18)19/h2-5,8,10H,6-7,9H2,1H3,(H,18,19). The van der Waals surface area contributed by atoms with Gasteiger partial charge in [-0.15, -0.1) is 0 Å². The molecule has 0 spiro atoms. The second-order valence-electron chi connectivity index (χ2n) is 4.96. The summed E-state index contributed by atoms with van der Waals surface area (Å²) < 4.78 is 5.44. The van der Waals surface area contributed by atoms with E-state index in [-0.39, 0.29) is 11.6 Å². The lowest BCUT2D eigenvalue weighted by Gasteiger charge is -2.36. The van der Waals surface area contributed by atoms with Crippen LogP contribution in [0, 0.1) is 0 Å². The average molecular weight is 272 g/mol. The minimum Gasteiger partial charge on any atom is -0.478 e. The van der Waals surface area contributed by atoms with Crippen molar-refractivity contribution in [3.8, 4) is 0 Å². The number of fused-ring (bicyclic) bond motifs is 1. The van der Waals surface area contributed by atoms with Gasteiger partial charge in [-0.2, -0.15) is 0 Å². The van der Waals surface area contributed by atoms with Gasteiger partial charge in [0.05, 0.1) is 24.4 Å². The normalized spacial score (nSPS) is 19.2. The molecule has 1 aliphatic heterocycles. The zero-order valence-corrected chi connectivity index (χ0v) is 11.2. The molecule has 1 aromatic carbocycles. The number of carboxylic acids is 1.